The number of ether oxygens (including phenoxy) is 1. The van der Waals surface area contributed by atoms with Crippen molar-refractivity contribution in [2.75, 3.05) is 5.32 Å². The first-order valence-electron chi connectivity index (χ1n) is 8.82. The molecule has 1 aliphatic heterocycles. The Morgan fingerprint density at radius 1 is 1.16 bits per heavy atom. The van der Waals surface area contributed by atoms with Crippen molar-refractivity contribution >= 4 is 17.1 Å². The van der Waals surface area contributed by atoms with Crippen LogP contribution in [0.2, 0.25) is 0 Å². The third-order valence-electron chi connectivity index (χ3n) is 4.57. The first-order chi connectivity index (χ1) is 11.9. The summed E-state index contributed by atoms with van der Waals surface area (Å²) in [5.41, 5.74) is 1.48. The fourth-order valence-corrected chi connectivity index (χ4v) is 3.06. The zero-order valence-corrected chi connectivity index (χ0v) is 14.0. The first kappa shape index (κ1) is 18.0. The molecule has 0 radical (unpaired) electrons. The molecule has 0 bridgehead atoms. The molecule has 1 aliphatic carbocycles. The molecule has 0 amide bonds. The van der Waals surface area contributed by atoms with Gasteiger partial charge in [0.15, 0.2) is 6.23 Å². The Kier molecular flexibility index (Phi) is 5.51. The summed E-state index contributed by atoms with van der Waals surface area (Å²) in [4.78, 5) is 4.39. The fraction of sp³-hybridized carbons (Fsp3) is 0.611. The molecular formula is C18H23F3N2O2. The molecule has 1 aromatic rings. The van der Waals surface area contributed by atoms with Crippen molar-refractivity contribution in [2.24, 2.45) is 10.9 Å². The highest BCUT2D eigenvalue weighted by Gasteiger charge is 2.31. The third kappa shape index (κ3) is 5.63. The fourth-order valence-electron chi connectivity index (χ4n) is 3.06. The number of aliphatic hydroxyl groups excluding tert-OH is 1. The maximum Gasteiger partial charge on any atom is 0.573 e. The van der Waals surface area contributed by atoms with Gasteiger partial charge in [0.2, 0.25) is 0 Å². The first-order valence-corrected chi connectivity index (χ1v) is 8.82. The van der Waals surface area contributed by atoms with Crippen LogP contribution in [0.1, 0.15) is 51.4 Å². The molecule has 4 nitrogen and oxygen atoms in total. The molecule has 1 aromatic carbocycles. The monoisotopic (exact) mass is 356 g/mol. The van der Waals surface area contributed by atoms with Gasteiger partial charge in [0.25, 0.3) is 0 Å². The van der Waals surface area contributed by atoms with Crippen molar-refractivity contribution in [2.45, 2.75) is 64.0 Å². The van der Waals surface area contributed by atoms with E-state index < -0.39 is 12.6 Å². The van der Waals surface area contributed by atoms with E-state index in [0.29, 0.717) is 23.5 Å². The lowest BCUT2D eigenvalue weighted by Crippen LogP contribution is -2.31. The van der Waals surface area contributed by atoms with Crippen LogP contribution in [0.4, 0.5) is 24.5 Å². The van der Waals surface area contributed by atoms with Gasteiger partial charge in [-0.05, 0) is 30.9 Å². The lowest BCUT2D eigenvalue weighted by atomic mass is 10.0. The molecular weight excluding hydrogens is 333 g/mol. The average Bonchev–Trinajstić information content (AvgIpc) is 3.33. The van der Waals surface area contributed by atoms with Gasteiger partial charge in [-0.1, -0.05) is 38.5 Å². The second kappa shape index (κ2) is 7.64. The van der Waals surface area contributed by atoms with Crippen LogP contribution < -0.4 is 10.1 Å². The Hall–Kier alpha value is -1.76. The number of fused-ring (bicyclic) bond motifs is 1. The Morgan fingerprint density at radius 3 is 2.64 bits per heavy atom. The molecule has 7 heteroatoms. The van der Waals surface area contributed by atoms with Gasteiger partial charge in [0, 0.05) is 6.07 Å². The van der Waals surface area contributed by atoms with Gasteiger partial charge < -0.3 is 15.2 Å². The van der Waals surface area contributed by atoms with Crippen LogP contribution in [-0.4, -0.2) is 23.4 Å². The predicted octanol–water partition coefficient (Wildman–Crippen LogP) is 5.15. The second-order valence-corrected chi connectivity index (χ2v) is 6.77. The van der Waals surface area contributed by atoms with Crippen LogP contribution >= 0.6 is 0 Å². The maximum atomic E-state index is 12.3. The van der Waals surface area contributed by atoms with Crippen molar-refractivity contribution in [1.29, 1.82) is 0 Å². The van der Waals surface area contributed by atoms with Crippen molar-refractivity contribution in [3.63, 3.8) is 0 Å². The minimum Gasteiger partial charge on any atom is -0.406 e. The van der Waals surface area contributed by atoms with Crippen molar-refractivity contribution < 1.29 is 23.0 Å². The lowest BCUT2D eigenvalue weighted by molar-refractivity contribution is -0.274. The Bertz CT molecular complexity index is 627. The number of hydrogen-bond donors (Lipinski definition) is 2. The number of halogens is 3. The smallest absolute Gasteiger partial charge is 0.406 e. The summed E-state index contributed by atoms with van der Waals surface area (Å²) in [7, 11) is 0. The van der Waals surface area contributed by atoms with E-state index in [1.165, 1.54) is 50.3 Å². The summed E-state index contributed by atoms with van der Waals surface area (Å²) < 4.78 is 40.7. The summed E-state index contributed by atoms with van der Waals surface area (Å²) in [6.07, 6.45) is 3.60. The number of unbranched alkanes of at least 4 members (excludes halogenated alkanes) is 3. The van der Waals surface area contributed by atoms with E-state index in [4.69, 9.17) is 0 Å². The number of benzene rings is 1. The number of aliphatic hydroxyl groups is 1. The minimum absolute atomic E-state index is 0.333. The number of rotatable bonds is 8. The molecule has 1 saturated carbocycles. The van der Waals surface area contributed by atoms with E-state index in [0.717, 1.165) is 18.8 Å². The summed E-state index contributed by atoms with van der Waals surface area (Å²) in [5.74, 6) is 0.636. The van der Waals surface area contributed by atoms with Crippen molar-refractivity contribution in [1.82, 2.24) is 0 Å². The van der Waals surface area contributed by atoms with Crippen LogP contribution in [0.15, 0.2) is 23.2 Å². The molecule has 138 valence electrons. The highest BCUT2D eigenvalue weighted by atomic mass is 19.4. The van der Waals surface area contributed by atoms with Crippen LogP contribution in [-0.2, 0) is 0 Å². The van der Waals surface area contributed by atoms with Gasteiger partial charge in [-0.3, -0.25) is 4.99 Å². The molecule has 0 aromatic heterocycles. The van der Waals surface area contributed by atoms with Crippen LogP contribution in [0, 0.1) is 5.92 Å². The summed E-state index contributed by atoms with van der Waals surface area (Å²) in [5, 5.41) is 12.9. The number of aliphatic imine (C=N–C) groups is 1. The Labute approximate surface area is 145 Å². The van der Waals surface area contributed by atoms with Gasteiger partial charge in [-0.25, -0.2) is 0 Å². The van der Waals surface area contributed by atoms with E-state index >= 15 is 0 Å². The number of hydrogen-bond acceptors (Lipinski definition) is 4. The van der Waals surface area contributed by atoms with Gasteiger partial charge in [-0.2, -0.15) is 0 Å². The second-order valence-electron chi connectivity index (χ2n) is 6.77. The van der Waals surface area contributed by atoms with Crippen LogP contribution in [0.3, 0.4) is 0 Å². The zero-order chi connectivity index (χ0) is 17.9. The Balaban J connectivity index is 1.51. The molecule has 0 saturated heterocycles. The van der Waals surface area contributed by atoms with Crippen molar-refractivity contribution in [3.8, 4) is 5.75 Å². The summed E-state index contributed by atoms with van der Waals surface area (Å²) in [6, 6.07) is 3.89. The number of nitrogens with zero attached hydrogens (tertiary/aromatic N) is 1. The molecule has 1 atom stereocenters. The predicted molar refractivity (Wildman–Crippen MR) is 90.3 cm³/mol. The molecule has 25 heavy (non-hydrogen) atoms. The minimum atomic E-state index is -4.74. The van der Waals surface area contributed by atoms with E-state index in [1.807, 2.05) is 0 Å². The van der Waals surface area contributed by atoms with E-state index in [2.05, 4.69) is 15.0 Å². The summed E-state index contributed by atoms with van der Waals surface area (Å²) in [6.45, 7) is 0. The molecule has 1 heterocycles. The van der Waals surface area contributed by atoms with Crippen LogP contribution in [0.5, 0.6) is 5.75 Å². The Morgan fingerprint density at radius 2 is 1.92 bits per heavy atom. The van der Waals surface area contributed by atoms with Gasteiger partial charge in [-0.15, -0.1) is 13.2 Å². The molecule has 1 unspecified atom stereocenters. The molecule has 3 rings (SSSR count). The third-order valence-corrected chi connectivity index (χ3v) is 4.57. The quantitative estimate of drug-likeness (QED) is 0.633. The molecule has 2 N–H and O–H groups in total. The van der Waals surface area contributed by atoms with Crippen molar-refractivity contribution in [3.05, 3.63) is 18.2 Å². The SMILES string of the molecule is OC1Nc2cc(OC(F)(F)F)ccc2N=C1CCCCCCC1CC1. The number of alkyl halides is 3. The number of nitrogens with one attached hydrogen (secondary N) is 1. The molecule has 0 spiro atoms. The largest absolute Gasteiger partial charge is 0.573 e. The van der Waals surface area contributed by atoms with Gasteiger partial charge in [0.1, 0.15) is 5.75 Å². The lowest BCUT2D eigenvalue weighted by Gasteiger charge is -2.24. The highest BCUT2D eigenvalue weighted by molar-refractivity contribution is 5.97. The normalized spacial score (nSPS) is 19.8. The topological polar surface area (TPSA) is 53.8 Å². The average molecular weight is 356 g/mol. The summed E-state index contributed by atoms with van der Waals surface area (Å²) >= 11 is 0. The molecule has 1 fully saturated rings. The molecule has 2 aliphatic rings. The van der Waals surface area contributed by atoms with E-state index in [1.54, 1.807) is 0 Å². The van der Waals surface area contributed by atoms with E-state index in [9.17, 15) is 18.3 Å². The van der Waals surface area contributed by atoms with E-state index in [-0.39, 0.29) is 5.75 Å². The standard InChI is InChI=1S/C18H23F3N2O2/c19-18(20,21)25-13-9-10-14-16(11-13)23-17(24)15(22-14)6-4-2-1-3-5-12-7-8-12/h9-12,17,23-24H,1-8H2. The van der Waals surface area contributed by atoms with Gasteiger partial charge in [0.05, 0.1) is 17.1 Å². The highest BCUT2D eigenvalue weighted by Crippen LogP contribution is 2.36. The van der Waals surface area contributed by atoms with Gasteiger partial charge >= 0.3 is 6.36 Å². The maximum absolute atomic E-state index is 12.3. The zero-order valence-electron chi connectivity index (χ0n) is 14.0. The van der Waals surface area contributed by atoms with Crippen LogP contribution in [0.25, 0.3) is 0 Å². The number of anilines is 1.